The lowest BCUT2D eigenvalue weighted by Gasteiger charge is -2.09. The Morgan fingerprint density at radius 1 is 0.971 bits per heavy atom. The monoisotopic (exact) mass is 492 g/mol. The topological polar surface area (TPSA) is 101 Å². The van der Waals surface area contributed by atoms with Crippen LogP contribution in [0.5, 0.6) is 0 Å². The van der Waals surface area contributed by atoms with Crippen LogP contribution in [-0.2, 0) is 11.8 Å². The van der Waals surface area contributed by atoms with Crippen LogP contribution in [0.2, 0.25) is 5.02 Å². The molecule has 0 radical (unpaired) electrons. The van der Waals surface area contributed by atoms with Crippen LogP contribution in [0, 0.1) is 20.8 Å². The highest BCUT2D eigenvalue weighted by atomic mass is 35.5. The van der Waals surface area contributed by atoms with E-state index >= 15 is 0 Å². The number of hydrogen-bond acceptors (Lipinski definition) is 5. The summed E-state index contributed by atoms with van der Waals surface area (Å²) in [5, 5.41) is 0.394. The molecule has 9 heteroatoms. The zero-order valence-electron chi connectivity index (χ0n) is 19.8. The average Bonchev–Trinajstić information content (AvgIpc) is 3.23. The number of carbonyl (C=O) groups is 2. The number of nitrogens with two attached hydrogens (primary N) is 1. The van der Waals surface area contributed by atoms with Crippen molar-refractivity contribution in [3.8, 4) is 11.4 Å². The maximum atomic E-state index is 13.5. The van der Waals surface area contributed by atoms with Crippen LogP contribution >= 0.6 is 11.6 Å². The molecule has 180 valence electrons. The highest BCUT2D eigenvalue weighted by molar-refractivity contribution is 6.31. The van der Waals surface area contributed by atoms with Crippen molar-refractivity contribution in [3.63, 3.8) is 0 Å². The summed E-state index contributed by atoms with van der Waals surface area (Å²) in [4.78, 5) is 38.8. The predicted octanol–water partition coefficient (Wildman–Crippen LogP) is 4.17. The van der Waals surface area contributed by atoms with Crippen molar-refractivity contribution in [2.45, 2.75) is 20.8 Å². The molecule has 0 amide bonds. The lowest BCUT2D eigenvalue weighted by atomic mass is 10.1. The first-order valence-electron chi connectivity index (χ1n) is 10.9. The molecule has 0 atom stereocenters. The van der Waals surface area contributed by atoms with Gasteiger partial charge in [-0.05, 0) is 57.2 Å². The molecule has 2 aromatic carbocycles. The summed E-state index contributed by atoms with van der Waals surface area (Å²) in [6, 6.07) is 15.4. The molecule has 4 aromatic rings. The van der Waals surface area contributed by atoms with Gasteiger partial charge in [0.2, 0.25) is 5.78 Å². The van der Waals surface area contributed by atoms with Gasteiger partial charge in [-0.3, -0.25) is 14.3 Å². The smallest absolute Gasteiger partial charge is 0.340 e. The van der Waals surface area contributed by atoms with E-state index in [1.165, 1.54) is 18.2 Å². The van der Waals surface area contributed by atoms with E-state index in [-0.39, 0.29) is 22.6 Å². The molecule has 35 heavy (non-hydrogen) atoms. The van der Waals surface area contributed by atoms with Crippen LogP contribution in [-0.4, -0.2) is 32.3 Å². The molecule has 0 aliphatic heterocycles. The number of para-hydroxylation sites is 1. The second-order valence-corrected chi connectivity index (χ2v) is 8.70. The first kappa shape index (κ1) is 24.1. The number of rotatable bonds is 6. The lowest BCUT2D eigenvalue weighted by Crippen LogP contribution is -2.22. The molecular formula is C26H25ClN4O4. The summed E-state index contributed by atoms with van der Waals surface area (Å²) < 4.78 is 10.3. The molecule has 2 N–H and O–H groups in total. The van der Waals surface area contributed by atoms with E-state index in [9.17, 15) is 14.4 Å². The number of Topliss-reactive ketones (excluding diaryl/α,β-unsaturated/α-hetero) is 1. The molecule has 0 fully saturated rings. The molecule has 0 unspecified atom stereocenters. The Balaban J connectivity index is 1.65. The highest BCUT2D eigenvalue weighted by Gasteiger charge is 2.24. The maximum Gasteiger partial charge on any atom is 0.340 e. The van der Waals surface area contributed by atoms with Gasteiger partial charge in [0, 0.05) is 34.7 Å². The largest absolute Gasteiger partial charge is 0.454 e. The van der Waals surface area contributed by atoms with Gasteiger partial charge >= 0.3 is 5.97 Å². The number of anilines is 1. The molecule has 2 heterocycles. The summed E-state index contributed by atoms with van der Waals surface area (Å²) in [6.07, 6.45) is 0. The number of benzene rings is 2. The first-order valence-corrected chi connectivity index (χ1v) is 11.3. The molecule has 2 aromatic heterocycles. The third-order valence-electron chi connectivity index (χ3n) is 6.05. The van der Waals surface area contributed by atoms with E-state index in [1.54, 1.807) is 26.9 Å². The fourth-order valence-corrected chi connectivity index (χ4v) is 4.39. The Morgan fingerprint density at radius 3 is 2.31 bits per heavy atom. The van der Waals surface area contributed by atoms with Crippen LogP contribution < -0.4 is 11.3 Å². The van der Waals surface area contributed by atoms with Crippen LogP contribution in [0.1, 0.15) is 37.8 Å². The Labute approximate surface area is 207 Å². The van der Waals surface area contributed by atoms with Crippen molar-refractivity contribution in [3.05, 3.63) is 98.2 Å². The zero-order valence-corrected chi connectivity index (χ0v) is 20.6. The number of esters is 1. The lowest BCUT2D eigenvalue weighted by molar-refractivity contribution is 0.0475. The van der Waals surface area contributed by atoms with E-state index in [0.717, 1.165) is 11.4 Å². The van der Waals surface area contributed by atoms with Gasteiger partial charge in [0.25, 0.3) is 5.56 Å². The quantitative estimate of drug-likeness (QED) is 0.247. The third kappa shape index (κ3) is 4.28. The van der Waals surface area contributed by atoms with Gasteiger partial charge in [-0.25, -0.2) is 9.48 Å². The molecule has 0 saturated heterocycles. The van der Waals surface area contributed by atoms with Crippen molar-refractivity contribution in [1.82, 2.24) is 13.9 Å². The minimum Gasteiger partial charge on any atom is -0.454 e. The zero-order chi connectivity index (χ0) is 25.4. The second kappa shape index (κ2) is 9.31. The van der Waals surface area contributed by atoms with Gasteiger partial charge in [0.05, 0.1) is 16.9 Å². The Morgan fingerprint density at radius 2 is 1.66 bits per heavy atom. The summed E-state index contributed by atoms with van der Waals surface area (Å²) in [7, 11) is 1.81. The number of hydrogen-bond donors (Lipinski definition) is 1. The van der Waals surface area contributed by atoms with Crippen LogP contribution in [0.15, 0.2) is 59.4 Å². The Hall–Kier alpha value is -4.04. The Kier molecular flexibility index (Phi) is 6.41. The van der Waals surface area contributed by atoms with Crippen molar-refractivity contribution in [2.24, 2.45) is 7.05 Å². The van der Waals surface area contributed by atoms with E-state index in [0.29, 0.717) is 27.7 Å². The first-order chi connectivity index (χ1) is 16.6. The van der Waals surface area contributed by atoms with E-state index in [2.05, 4.69) is 0 Å². The van der Waals surface area contributed by atoms with Gasteiger partial charge in [-0.2, -0.15) is 0 Å². The van der Waals surface area contributed by atoms with E-state index < -0.39 is 12.6 Å². The van der Waals surface area contributed by atoms with Gasteiger partial charge in [0.15, 0.2) is 6.61 Å². The molecule has 0 bridgehead atoms. The van der Waals surface area contributed by atoms with Gasteiger partial charge in [0.1, 0.15) is 5.69 Å². The normalized spacial score (nSPS) is 11.0. The molecule has 0 aliphatic rings. The van der Waals surface area contributed by atoms with E-state index in [4.69, 9.17) is 22.1 Å². The Bertz CT molecular complexity index is 1510. The third-order valence-corrected chi connectivity index (χ3v) is 6.28. The summed E-state index contributed by atoms with van der Waals surface area (Å²) >= 11 is 5.87. The van der Waals surface area contributed by atoms with Crippen LogP contribution in [0.25, 0.3) is 11.4 Å². The number of aromatic nitrogens is 3. The second-order valence-electron chi connectivity index (χ2n) is 8.26. The van der Waals surface area contributed by atoms with Crippen LogP contribution in [0.3, 0.4) is 0 Å². The maximum absolute atomic E-state index is 13.5. The molecule has 0 spiro atoms. The summed E-state index contributed by atoms with van der Waals surface area (Å²) in [5.74, 6) is -1.10. The van der Waals surface area contributed by atoms with Crippen molar-refractivity contribution in [2.75, 3.05) is 12.3 Å². The van der Waals surface area contributed by atoms with Crippen LogP contribution in [0.4, 0.5) is 5.69 Å². The van der Waals surface area contributed by atoms with Gasteiger partial charge in [-0.1, -0.05) is 29.8 Å². The molecule has 4 rings (SSSR count). The summed E-state index contributed by atoms with van der Waals surface area (Å²) in [5.41, 5.74) is 9.52. The minimum absolute atomic E-state index is 0.133. The number of ketones is 1. The fraction of sp³-hybridized carbons (Fsp3) is 0.192. The SMILES string of the molecule is Cc1cc(C(=O)COC(=O)c2ccc(Cl)cc2N)c(C)n1-c1c(C)n(C)n(-c2ccccc2)c1=O. The number of aryl methyl sites for hydroxylation is 1. The van der Waals surface area contributed by atoms with Crippen molar-refractivity contribution >= 4 is 29.0 Å². The standard InChI is InChI=1S/C26H25ClN4O4/c1-15-12-21(23(32)14-35-26(34)20-11-10-18(27)13-22(20)28)16(2)30(15)24-17(3)29(4)31(25(24)33)19-8-6-5-7-9-19/h5-13H,14,28H2,1-4H3. The number of halogens is 1. The predicted molar refractivity (Wildman–Crippen MR) is 135 cm³/mol. The number of nitrogens with zero attached hydrogens (tertiary/aromatic N) is 3. The number of ether oxygens (including phenoxy) is 1. The minimum atomic E-state index is -0.717. The van der Waals surface area contributed by atoms with Crippen molar-refractivity contribution in [1.29, 1.82) is 0 Å². The number of carbonyl (C=O) groups excluding carboxylic acids is 2. The molecular weight excluding hydrogens is 468 g/mol. The average molecular weight is 493 g/mol. The molecule has 0 saturated carbocycles. The van der Waals surface area contributed by atoms with Gasteiger partial charge in [-0.15, -0.1) is 0 Å². The van der Waals surface area contributed by atoms with Crippen molar-refractivity contribution < 1.29 is 14.3 Å². The highest BCUT2D eigenvalue weighted by Crippen LogP contribution is 2.23. The molecule has 8 nitrogen and oxygen atoms in total. The van der Waals surface area contributed by atoms with E-state index in [1.807, 2.05) is 51.2 Å². The fourth-order valence-electron chi connectivity index (χ4n) is 4.21. The number of nitrogen functional groups attached to an aromatic ring is 1. The summed E-state index contributed by atoms with van der Waals surface area (Å²) in [6.45, 7) is 4.98. The van der Waals surface area contributed by atoms with Gasteiger partial charge < -0.3 is 15.0 Å². The molecule has 0 aliphatic carbocycles.